The molecular weight excluding hydrogens is 256 g/mol. The van der Waals surface area contributed by atoms with Crippen molar-refractivity contribution in [2.45, 2.75) is 38.1 Å². The SMILES string of the molecule is O=C(O)c1ccc(C(=O)N2CCCC3CCCC32)cn1. The number of hydrogen-bond acceptors (Lipinski definition) is 3. The summed E-state index contributed by atoms with van der Waals surface area (Å²) in [6.45, 7) is 0.806. The molecule has 1 aromatic heterocycles. The monoisotopic (exact) mass is 274 g/mol. The minimum Gasteiger partial charge on any atom is -0.477 e. The fourth-order valence-corrected chi connectivity index (χ4v) is 3.52. The first kappa shape index (κ1) is 13.1. The molecule has 0 bridgehead atoms. The van der Waals surface area contributed by atoms with Gasteiger partial charge in [-0.2, -0.15) is 0 Å². The van der Waals surface area contributed by atoms with Gasteiger partial charge in [-0.05, 0) is 43.7 Å². The number of amides is 1. The van der Waals surface area contributed by atoms with Gasteiger partial charge in [-0.15, -0.1) is 0 Å². The number of hydrogen-bond donors (Lipinski definition) is 1. The Labute approximate surface area is 117 Å². The first-order chi connectivity index (χ1) is 9.66. The topological polar surface area (TPSA) is 70.5 Å². The summed E-state index contributed by atoms with van der Waals surface area (Å²) in [5.41, 5.74) is 0.460. The summed E-state index contributed by atoms with van der Waals surface area (Å²) < 4.78 is 0. The molecule has 1 amide bonds. The van der Waals surface area contributed by atoms with Crippen LogP contribution >= 0.6 is 0 Å². The molecule has 106 valence electrons. The second-order valence-electron chi connectivity index (χ2n) is 5.64. The molecule has 3 rings (SSSR count). The number of aromatic nitrogens is 1. The Kier molecular flexibility index (Phi) is 3.42. The van der Waals surface area contributed by atoms with Crippen molar-refractivity contribution in [2.75, 3.05) is 6.54 Å². The zero-order valence-electron chi connectivity index (χ0n) is 11.3. The Balaban J connectivity index is 1.79. The Morgan fingerprint density at radius 2 is 2.00 bits per heavy atom. The lowest BCUT2D eigenvalue weighted by Crippen LogP contribution is -2.46. The highest BCUT2D eigenvalue weighted by Gasteiger charge is 2.37. The molecule has 1 aliphatic carbocycles. The lowest BCUT2D eigenvalue weighted by Gasteiger charge is -2.37. The molecule has 1 aromatic rings. The van der Waals surface area contributed by atoms with E-state index in [0.717, 1.165) is 19.4 Å². The maximum Gasteiger partial charge on any atom is 0.354 e. The summed E-state index contributed by atoms with van der Waals surface area (Å²) in [7, 11) is 0. The van der Waals surface area contributed by atoms with Crippen LogP contribution < -0.4 is 0 Å². The van der Waals surface area contributed by atoms with Gasteiger partial charge in [0.05, 0.1) is 5.56 Å². The maximum atomic E-state index is 12.6. The van der Waals surface area contributed by atoms with E-state index in [1.165, 1.54) is 31.5 Å². The van der Waals surface area contributed by atoms with Crippen LogP contribution in [-0.4, -0.2) is 39.5 Å². The minimum atomic E-state index is -1.07. The second kappa shape index (κ2) is 5.23. The van der Waals surface area contributed by atoms with E-state index in [1.54, 1.807) is 6.07 Å². The molecule has 5 nitrogen and oxygen atoms in total. The Hall–Kier alpha value is -1.91. The summed E-state index contributed by atoms with van der Waals surface area (Å²) >= 11 is 0. The van der Waals surface area contributed by atoms with E-state index in [1.807, 2.05) is 4.90 Å². The summed E-state index contributed by atoms with van der Waals surface area (Å²) in [4.78, 5) is 29.1. The fraction of sp³-hybridized carbons (Fsp3) is 0.533. The first-order valence-corrected chi connectivity index (χ1v) is 7.17. The third-order valence-electron chi connectivity index (χ3n) is 4.48. The number of fused-ring (bicyclic) bond motifs is 1. The number of pyridine rings is 1. The first-order valence-electron chi connectivity index (χ1n) is 7.17. The van der Waals surface area contributed by atoms with E-state index in [4.69, 9.17) is 5.11 Å². The van der Waals surface area contributed by atoms with Crippen molar-refractivity contribution in [1.29, 1.82) is 0 Å². The largest absolute Gasteiger partial charge is 0.477 e. The number of carbonyl (C=O) groups is 2. The highest BCUT2D eigenvalue weighted by atomic mass is 16.4. The Bertz CT molecular complexity index is 526. The molecule has 2 atom stereocenters. The van der Waals surface area contributed by atoms with Crippen LogP contribution in [0.25, 0.3) is 0 Å². The van der Waals surface area contributed by atoms with Gasteiger partial charge in [0, 0.05) is 18.8 Å². The third kappa shape index (κ3) is 2.28. The molecule has 2 aliphatic rings. The minimum absolute atomic E-state index is 0.00830. The number of aromatic carboxylic acids is 1. The normalized spacial score (nSPS) is 25.3. The number of nitrogens with zero attached hydrogens (tertiary/aromatic N) is 2. The predicted octanol–water partition coefficient (Wildman–Crippen LogP) is 2.18. The zero-order chi connectivity index (χ0) is 14.1. The van der Waals surface area contributed by atoms with Crippen molar-refractivity contribution in [3.8, 4) is 0 Å². The van der Waals surface area contributed by atoms with Crippen LogP contribution in [-0.2, 0) is 0 Å². The van der Waals surface area contributed by atoms with Gasteiger partial charge in [-0.3, -0.25) is 4.79 Å². The number of likely N-dealkylation sites (tertiary alicyclic amines) is 1. The average molecular weight is 274 g/mol. The standard InChI is InChI=1S/C15H18N2O3/c18-14(11-6-7-12(15(19)20)16-9-11)17-8-2-4-10-3-1-5-13(10)17/h6-7,9-10,13H,1-5,8H2,(H,19,20). The van der Waals surface area contributed by atoms with Crippen LogP contribution in [0.1, 0.15) is 53.0 Å². The zero-order valence-corrected chi connectivity index (χ0v) is 11.3. The Morgan fingerprint density at radius 1 is 1.20 bits per heavy atom. The molecule has 1 aliphatic heterocycles. The van der Waals surface area contributed by atoms with E-state index >= 15 is 0 Å². The second-order valence-corrected chi connectivity index (χ2v) is 5.64. The smallest absolute Gasteiger partial charge is 0.354 e. The van der Waals surface area contributed by atoms with Crippen molar-refractivity contribution in [1.82, 2.24) is 9.88 Å². The summed E-state index contributed by atoms with van der Waals surface area (Å²) in [5.74, 6) is -0.428. The quantitative estimate of drug-likeness (QED) is 0.897. The summed E-state index contributed by atoms with van der Waals surface area (Å²) in [5, 5.41) is 8.83. The van der Waals surface area contributed by atoms with Gasteiger partial charge in [0.1, 0.15) is 5.69 Å². The number of rotatable bonds is 2. The van der Waals surface area contributed by atoms with Crippen LogP contribution in [0.3, 0.4) is 0 Å². The highest BCUT2D eigenvalue weighted by molar-refractivity contribution is 5.95. The summed E-state index contributed by atoms with van der Waals surface area (Å²) in [6.07, 6.45) is 7.19. The van der Waals surface area contributed by atoms with Crippen LogP contribution in [0.2, 0.25) is 0 Å². The van der Waals surface area contributed by atoms with Crippen LogP contribution in [0.15, 0.2) is 18.3 Å². The number of piperidine rings is 1. The van der Waals surface area contributed by atoms with Crippen molar-refractivity contribution >= 4 is 11.9 Å². The Morgan fingerprint density at radius 3 is 2.70 bits per heavy atom. The van der Waals surface area contributed by atoms with Crippen molar-refractivity contribution < 1.29 is 14.7 Å². The lowest BCUT2D eigenvalue weighted by molar-refractivity contribution is 0.0546. The van der Waals surface area contributed by atoms with Gasteiger partial charge >= 0.3 is 5.97 Å². The lowest BCUT2D eigenvalue weighted by atomic mass is 9.91. The molecule has 20 heavy (non-hydrogen) atoms. The van der Waals surface area contributed by atoms with Crippen LogP contribution in [0.4, 0.5) is 0 Å². The highest BCUT2D eigenvalue weighted by Crippen LogP contribution is 2.37. The van der Waals surface area contributed by atoms with Gasteiger partial charge in [0.25, 0.3) is 5.91 Å². The number of carboxylic acids is 1. The van der Waals surface area contributed by atoms with E-state index < -0.39 is 5.97 Å². The van der Waals surface area contributed by atoms with E-state index in [-0.39, 0.29) is 11.6 Å². The molecular formula is C15H18N2O3. The van der Waals surface area contributed by atoms with Gasteiger partial charge in [0.2, 0.25) is 0 Å². The summed E-state index contributed by atoms with van der Waals surface area (Å²) in [6, 6.07) is 3.33. The van der Waals surface area contributed by atoms with Crippen molar-refractivity contribution in [3.05, 3.63) is 29.6 Å². The number of carbonyl (C=O) groups excluding carboxylic acids is 1. The van der Waals surface area contributed by atoms with E-state index in [0.29, 0.717) is 17.5 Å². The van der Waals surface area contributed by atoms with Gasteiger partial charge in [0.15, 0.2) is 0 Å². The molecule has 0 spiro atoms. The molecule has 1 saturated carbocycles. The fourth-order valence-electron chi connectivity index (χ4n) is 3.52. The van der Waals surface area contributed by atoms with Gasteiger partial charge in [-0.1, -0.05) is 6.42 Å². The molecule has 2 unspecified atom stereocenters. The van der Waals surface area contributed by atoms with Crippen LogP contribution in [0.5, 0.6) is 0 Å². The molecule has 2 fully saturated rings. The molecule has 5 heteroatoms. The van der Waals surface area contributed by atoms with Crippen LogP contribution in [0, 0.1) is 5.92 Å². The van der Waals surface area contributed by atoms with E-state index in [9.17, 15) is 9.59 Å². The average Bonchev–Trinajstić information content (AvgIpc) is 2.95. The molecule has 1 N–H and O–H groups in total. The third-order valence-corrected chi connectivity index (χ3v) is 4.48. The van der Waals surface area contributed by atoms with Gasteiger partial charge < -0.3 is 10.0 Å². The number of carboxylic acid groups (broad SMARTS) is 1. The van der Waals surface area contributed by atoms with Crippen molar-refractivity contribution in [3.63, 3.8) is 0 Å². The van der Waals surface area contributed by atoms with Gasteiger partial charge in [-0.25, -0.2) is 9.78 Å². The maximum absolute atomic E-state index is 12.6. The van der Waals surface area contributed by atoms with Crippen molar-refractivity contribution in [2.24, 2.45) is 5.92 Å². The molecule has 0 radical (unpaired) electrons. The van der Waals surface area contributed by atoms with E-state index in [2.05, 4.69) is 4.98 Å². The molecule has 2 heterocycles. The molecule has 1 saturated heterocycles. The predicted molar refractivity (Wildman–Crippen MR) is 72.6 cm³/mol. The molecule has 0 aromatic carbocycles.